The molecule has 2 unspecified atom stereocenters. The molecule has 66 valence electrons. The van der Waals surface area contributed by atoms with E-state index in [2.05, 4.69) is 0 Å². The molecule has 0 saturated heterocycles. The van der Waals surface area contributed by atoms with Crippen LogP contribution in [0.15, 0.2) is 12.2 Å². The number of rotatable bonds is 5. The van der Waals surface area contributed by atoms with Crippen molar-refractivity contribution in [2.75, 3.05) is 13.2 Å². The maximum absolute atomic E-state index is 9.03. The highest BCUT2D eigenvalue weighted by molar-refractivity contribution is 4.76. The summed E-state index contributed by atoms with van der Waals surface area (Å²) in [6, 6.07) is 0. The maximum atomic E-state index is 9.03. The van der Waals surface area contributed by atoms with Gasteiger partial charge in [0.1, 0.15) is 6.10 Å². The van der Waals surface area contributed by atoms with Crippen LogP contribution in [0.3, 0.4) is 0 Å². The molecule has 0 aromatic rings. The molecule has 3 heteroatoms. The standard InChI is InChI=1S/C8H16O3/c1-3-4-5-11-6-8(10)7(2)9/h3-4,7-10H,5-6H2,1-2H3. The quantitative estimate of drug-likeness (QED) is 0.450. The Hall–Kier alpha value is -0.380. The van der Waals surface area contributed by atoms with E-state index in [1.165, 1.54) is 6.92 Å². The molecule has 0 bridgehead atoms. The van der Waals surface area contributed by atoms with E-state index < -0.39 is 12.2 Å². The van der Waals surface area contributed by atoms with Crippen LogP contribution >= 0.6 is 0 Å². The Morgan fingerprint density at radius 1 is 1.45 bits per heavy atom. The molecular weight excluding hydrogens is 144 g/mol. The van der Waals surface area contributed by atoms with Gasteiger partial charge in [0.05, 0.1) is 19.3 Å². The van der Waals surface area contributed by atoms with Gasteiger partial charge in [-0.15, -0.1) is 0 Å². The molecule has 3 nitrogen and oxygen atoms in total. The fourth-order valence-electron chi connectivity index (χ4n) is 0.492. The molecule has 2 N–H and O–H groups in total. The highest BCUT2D eigenvalue weighted by atomic mass is 16.5. The van der Waals surface area contributed by atoms with Crippen molar-refractivity contribution in [2.24, 2.45) is 0 Å². The number of allylic oxidation sites excluding steroid dienone is 1. The fourth-order valence-corrected chi connectivity index (χ4v) is 0.492. The van der Waals surface area contributed by atoms with Crippen LogP contribution in [0, 0.1) is 0 Å². The van der Waals surface area contributed by atoms with Crippen molar-refractivity contribution in [1.29, 1.82) is 0 Å². The summed E-state index contributed by atoms with van der Waals surface area (Å²) in [5.41, 5.74) is 0. The lowest BCUT2D eigenvalue weighted by atomic mass is 10.2. The first-order valence-electron chi connectivity index (χ1n) is 3.73. The molecule has 0 rings (SSSR count). The van der Waals surface area contributed by atoms with Gasteiger partial charge in [0.15, 0.2) is 0 Å². The van der Waals surface area contributed by atoms with E-state index in [0.29, 0.717) is 6.61 Å². The molecule has 2 atom stereocenters. The van der Waals surface area contributed by atoms with Crippen molar-refractivity contribution in [2.45, 2.75) is 26.1 Å². The fraction of sp³-hybridized carbons (Fsp3) is 0.750. The van der Waals surface area contributed by atoms with Crippen molar-refractivity contribution >= 4 is 0 Å². The average Bonchev–Trinajstić information content (AvgIpc) is 1.97. The van der Waals surface area contributed by atoms with Gasteiger partial charge in [-0.1, -0.05) is 12.2 Å². The topological polar surface area (TPSA) is 49.7 Å². The van der Waals surface area contributed by atoms with Gasteiger partial charge < -0.3 is 14.9 Å². The van der Waals surface area contributed by atoms with Crippen LogP contribution < -0.4 is 0 Å². The zero-order valence-corrected chi connectivity index (χ0v) is 7.03. The molecule has 0 radical (unpaired) electrons. The molecule has 0 aliphatic rings. The van der Waals surface area contributed by atoms with Crippen LogP contribution in [0.2, 0.25) is 0 Å². The minimum atomic E-state index is -0.778. The first kappa shape index (κ1) is 10.6. The molecule has 0 spiro atoms. The number of hydrogen-bond acceptors (Lipinski definition) is 3. The lowest BCUT2D eigenvalue weighted by Crippen LogP contribution is -2.27. The van der Waals surface area contributed by atoms with E-state index in [4.69, 9.17) is 14.9 Å². The molecule has 0 aromatic carbocycles. The number of aliphatic hydroxyl groups is 2. The number of ether oxygens (including phenoxy) is 1. The van der Waals surface area contributed by atoms with Crippen LogP contribution in [0.25, 0.3) is 0 Å². The molecule has 0 aliphatic carbocycles. The summed E-state index contributed by atoms with van der Waals surface area (Å²) in [7, 11) is 0. The van der Waals surface area contributed by atoms with Crippen molar-refractivity contribution in [3.8, 4) is 0 Å². The lowest BCUT2D eigenvalue weighted by Gasteiger charge is -2.12. The van der Waals surface area contributed by atoms with Crippen molar-refractivity contribution in [3.63, 3.8) is 0 Å². The highest BCUT2D eigenvalue weighted by Gasteiger charge is 2.09. The zero-order valence-electron chi connectivity index (χ0n) is 7.03. The van der Waals surface area contributed by atoms with Gasteiger partial charge in [-0.05, 0) is 13.8 Å². The number of hydrogen-bond donors (Lipinski definition) is 2. The molecule has 11 heavy (non-hydrogen) atoms. The predicted octanol–water partition coefficient (Wildman–Crippen LogP) is 0.321. The van der Waals surface area contributed by atoms with Gasteiger partial charge in [-0.3, -0.25) is 0 Å². The summed E-state index contributed by atoms with van der Waals surface area (Å²) in [6.45, 7) is 4.10. The third-order valence-corrected chi connectivity index (χ3v) is 1.30. The molecular formula is C8H16O3. The summed E-state index contributed by atoms with van der Waals surface area (Å²) in [5.74, 6) is 0. The van der Waals surface area contributed by atoms with Crippen LogP contribution in [0.5, 0.6) is 0 Å². The van der Waals surface area contributed by atoms with E-state index in [0.717, 1.165) is 0 Å². The molecule has 0 fully saturated rings. The van der Waals surface area contributed by atoms with Crippen LogP contribution in [0.1, 0.15) is 13.8 Å². The van der Waals surface area contributed by atoms with Gasteiger partial charge in [-0.25, -0.2) is 0 Å². The summed E-state index contributed by atoms with van der Waals surface area (Å²) < 4.78 is 5.00. The Bertz CT molecular complexity index is 110. The van der Waals surface area contributed by atoms with Gasteiger partial charge in [0.25, 0.3) is 0 Å². The molecule has 0 heterocycles. The van der Waals surface area contributed by atoms with Gasteiger partial charge in [-0.2, -0.15) is 0 Å². The Morgan fingerprint density at radius 3 is 2.55 bits per heavy atom. The highest BCUT2D eigenvalue weighted by Crippen LogP contribution is 1.92. The average molecular weight is 160 g/mol. The van der Waals surface area contributed by atoms with Crippen molar-refractivity contribution in [3.05, 3.63) is 12.2 Å². The summed E-state index contributed by atoms with van der Waals surface area (Å²) in [4.78, 5) is 0. The van der Waals surface area contributed by atoms with Crippen LogP contribution in [-0.2, 0) is 4.74 Å². The second kappa shape index (κ2) is 6.34. The zero-order chi connectivity index (χ0) is 8.69. The Morgan fingerprint density at radius 2 is 2.09 bits per heavy atom. The largest absolute Gasteiger partial charge is 0.391 e. The summed E-state index contributed by atoms with van der Waals surface area (Å²) in [5, 5.41) is 17.9. The van der Waals surface area contributed by atoms with E-state index in [-0.39, 0.29) is 6.61 Å². The van der Waals surface area contributed by atoms with Crippen molar-refractivity contribution < 1.29 is 14.9 Å². The number of aliphatic hydroxyl groups excluding tert-OH is 2. The van der Waals surface area contributed by atoms with Gasteiger partial charge in [0, 0.05) is 0 Å². The van der Waals surface area contributed by atoms with Crippen LogP contribution in [-0.4, -0.2) is 35.6 Å². The predicted molar refractivity (Wildman–Crippen MR) is 43.3 cm³/mol. The second-order valence-corrected chi connectivity index (χ2v) is 2.41. The summed E-state index contributed by atoms with van der Waals surface area (Å²) >= 11 is 0. The van der Waals surface area contributed by atoms with E-state index >= 15 is 0 Å². The molecule has 0 aromatic heterocycles. The third-order valence-electron chi connectivity index (χ3n) is 1.30. The molecule has 0 saturated carbocycles. The Kier molecular flexibility index (Phi) is 6.12. The smallest absolute Gasteiger partial charge is 0.103 e. The minimum Gasteiger partial charge on any atom is -0.391 e. The third kappa shape index (κ3) is 6.04. The summed E-state index contributed by atoms with van der Waals surface area (Å²) in [6.07, 6.45) is 2.21. The van der Waals surface area contributed by atoms with Gasteiger partial charge >= 0.3 is 0 Å². The van der Waals surface area contributed by atoms with E-state index in [9.17, 15) is 0 Å². The first-order valence-corrected chi connectivity index (χ1v) is 3.73. The Balaban J connectivity index is 3.24. The van der Waals surface area contributed by atoms with Crippen molar-refractivity contribution in [1.82, 2.24) is 0 Å². The monoisotopic (exact) mass is 160 g/mol. The lowest BCUT2D eigenvalue weighted by molar-refractivity contribution is -0.0245. The normalized spacial score (nSPS) is 17.1. The second-order valence-electron chi connectivity index (χ2n) is 2.41. The van der Waals surface area contributed by atoms with Gasteiger partial charge in [0.2, 0.25) is 0 Å². The Labute approximate surface area is 67.3 Å². The first-order chi connectivity index (χ1) is 5.18. The van der Waals surface area contributed by atoms with E-state index in [1.807, 2.05) is 19.1 Å². The van der Waals surface area contributed by atoms with E-state index in [1.54, 1.807) is 0 Å². The van der Waals surface area contributed by atoms with Crippen LogP contribution in [0.4, 0.5) is 0 Å². The maximum Gasteiger partial charge on any atom is 0.103 e. The molecule has 0 amide bonds. The minimum absolute atomic E-state index is 0.183. The molecule has 0 aliphatic heterocycles. The SMILES string of the molecule is CC=CCOCC(O)C(C)O.